The van der Waals surface area contributed by atoms with Crippen molar-refractivity contribution in [2.24, 2.45) is 0 Å². The Hall–Kier alpha value is -1.18. The van der Waals surface area contributed by atoms with E-state index in [0.29, 0.717) is 28.8 Å². The van der Waals surface area contributed by atoms with Crippen LogP contribution in [0.2, 0.25) is 5.02 Å². The Labute approximate surface area is 137 Å². The van der Waals surface area contributed by atoms with Crippen LogP contribution >= 0.6 is 11.6 Å². The van der Waals surface area contributed by atoms with E-state index in [-0.39, 0.29) is 11.2 Å². The van der Waals surface area contributed by atoms with E-state index in [0.717, 1.165) is 13.1 Å². The predicted octanol–water partition coefficient (Wildman–Crippen LogP) is 2.50. The molecule has 122 valence electrons. The van der Waals surface area contributed by atoms with E-state index >= 15 is 0 Å². The van der Waals surface area contributed by atoms with Crippen molar-refractivity contribution in [3.63, 3.8) is 0 Å². The predicted molar refractivity (Wildman–Crippen MR) is 90.1 cm³/mol. The largest absolute Gasteiger partial charge is 0.382 e. The van der Waals surface area contributed by atoms with Crippen LogP contribution in [0.1, 0.15) is 13.8 Å². The summed E-state index contributed by atoms with van der Waals surface area (Å²) in [5, 5.41) is 14.3. The van der Waals surface area contributed by atoms with Crippen molar-refractivity contribution in [1.82, 2.24) is 4.90 Å². The third-order valence-corrected chi connectivity index (χ3v) is 5.50. The minimum absolute atomic E-state index is 0.0201. The number of nitrogens with zero attached hydrogens (tertiary/aromatic N) is 2. The molecule has 0 atom stereocenters. The molecule has 22 heavy (non-hydrogen) atoms. The first-order chi connectivity index (χ1) is 10.3. The van der Waals surface area contributed by atoms with Crippen molar-refractivity contribution in [3.05, 3.63) is 33.3 Å². The van der Waals surface area contributed by atoms with E-state index in [1.807, 2.05) is 0 Å². The van der Waals surface area contributed by atoms with Gasteiger partial charge in [0.05, 0.1) is 15.6 Å². The monoisotopic (exact) mass is 345 g/mol. The van der Waals surface area contributed by atoms with Gasteiger partial charge < -0.3 is 5.32 Å². The number of nitro groups is 1. The number of halogens is 1. The molecule has 1 saturated heterocycles. The molecule has 1 aliphatic rings. The van der Waals surface area contributed by atoms with E-state index < -0.39 is 15.7 Å². The fourth-order valence-corrected chi connectivity index (χ4v) is 3.72. The van der Waals surface area contributed by atoms with Crippen LogP contribution in [-0.4, -0.2) is 50.7 Å². The van der Waals surface area contributed by atoms with Gasteiger partial charge in [-0.25, -0.2) is 0 Å². The zero-order valence-electron chi connectivity index (χ0n) is 12.7. The highest BCUT2D eigenvalue weighted by Gasteiger charge is 2.29. The lowest BCUT2D eigenvalue weighted by molar-refractivity contribution is -0.384. The summed E-state index contributed by atoms with van der Waals surface area (Å²) < 4.78 is 11.4. The third kappa shape index (κ3) is 4.18. The molecule has 0 aliphatic carbocycles. The Morgan fingerprint density at radius 1 is 1.41 bits per heavy atom. The van der Waals surface area contributed by atoms with Gasteiger partial charge in [0.1, 0.15) is 0 Å². The van der Waals surface area contributed by atoms with E-state index in [4.69, 9.17) is 11.6 Å². The van der Waals surface area contributed by atoms with Crippen LogP contribution in [0, 0.1) is 10.1 Å². The molecule has 0 unspecified atom stereocenters. The zero-order valence-corrected chi connectivity index (χ0v) is 14.2. The number of hydrogen-bond donors (Lipinski definition) is 1. The number of non-ortho nitro benzene ring substituents is 1. The average molecular weight is 346 g/mol. The highest BCUT2D eigenvalue weighted by Crippen LogP contribution is 2.27. The molecule has 0 amide bonds. The van der Waals surface area contributed by atoms with Gasteiger partial charge in [-0.3, -0.25) is 19.2 Å². The molecule has 0 saturated carbocycles. The Morgan fingerprint density at radius 2 is 2.05 bits per heavy atom. The fraction of sp³-hybridized carbons (Fsp3) is 0.571. The zero-order chi connectivity index (χ0) is 16.3. The molecule has 1 fully saturated rings. The van der Waals surface area contributed by atoms with Crippen LogP contribution < -0.4 is 5.32 Å². The van der Waals surface area contributed by atoms with Crippen LogP contribution in [0.25, 0.3) is 0 Å². The topological polar surface area (TPSA) is 75.5 Å². The lowest BCUT2D eigenvalue weighted by Gasteiger charge is -2.41. The van der Waals surface area contributed by atoms with Crippen molar-refractivity contribution < 1.29 is 9.13 Å². The summed E-state index contributed by atoms with van der Waals surface area (Å²) in [7, 11) is -0.693. The Bertz CT molecular complexity index is 585. The van der Waals surface area contributed by atoms with Crippen molar-refractivity contribution in [2.75, 3.05) is 36.5 Å². The normalized spacial score (nSPS) is 17.4. The summed E-state index contributed by atoms with van der Waals surface area (Å²) in [5.41, 5.74) is 0.546. The van der Waals surface area contributed by atoms with Crippen molar-refractivity contribution in [3.8, 4) is 0 Å². The first kappa shape index (κ1) is 17.2. The summed E-state index contributed by atoms with van der Waals surface area (Å²) in [6.45, 7) is 6.52. The minimum Gasteiger partial charge on any atom is -0.382 e. The van der Waals surface area contributed by atoms with Gasteiger partial charge in [0.25, 0.3) is 5.69 Å². The Kier molecular flexibility index (Phi) is 5.41. The molecule has 0 spiro atoms. The maximum Gasteiger partial charge on any atom is 0.271 e. The molecule has 1 heterocycles. The summed E-state index contributed by atoms with van der Waals surface area (Å²) >= 11 is 6.09. The summed E-state index contributed by atoms with van der Waals surface area (Å²) in [6, 6.07) is 4.41. The molecule has 0 aromatic heterocycles. The van der Waals surface area contributed by atoms with E-state index in [2.05, 4.69) is 24.1 Å². The highest BCUT2D eigenvalue weighted by atomic mass is 35.5. The Balaban J connectivity index is 1.99. The number of benzene rings is 1. The minimum atomic E-state index is -0.693. The Morgan fingerprint density at radius 3 is 2.59 bits per heavy atom. The van der Waals surface area contributed by atoms with Crippen molar-refractivity contribution >= 4 is 33.8 Å². The molecule has 1 aromatic carbocycles. The number of nitro benzene ring substituents is 1. The molecule has 1 N–H and O–H groups in total. The molecular weight excluding hydrogens is 326 g/mol. The smallest absolute Gasteiger partial charge is 0.271 e. The molecule has 8 heteroatoms. The standard InChI is InChI=1S/C14H20ClN3O3S/c1-14(2,17-5-7-22(21)8-6-17)10-16-13-4-3-11(18(19)20)9-12(13)15/h3-4,9,16H,5-8,10H2,1-2H3. The third-order valence-electron chi connectivity index (χ3n) is 3.91. The van der Waals surface area contributed by atoms with Crippen LogP contribution in [0.4, 0.5) is 11.4 Å². The maximum atomic E-state index is 11.4. The van der Waals surface area contributed by atoms with Gasteiger partial charge in [-0.2, -0.15) is 0 Å². The first-order valence-electron chi connectivity index (χ1n) is 7.07. The van der Waals surface area contributed by atoms with Crippen molar-refractivity contribution in [1.29, 1.82) is 0 Å². The molecule has 0 radical (unpaired) electrons. The van der Waals surface area contributed by atoms with Gasteiger partial charge in [-0.15, -0.1) is 0 Å². The van der Waals surface area contributed by atoms with Gasteiger partial charge >= 0.3 is 0 Å². The SMILES string of the molecule is CC(C)(CNc1ccc([N+](=O)[O-])cc1Cl)N1CCS(=O)CC1. The molecule has 6 nitrogen and oxygen atoms in total. The second-order valence-corrected chi connectivity index (χ2v) is 8.03. The van der Waals surface area contributed by atoms with Crippen LogP contribution in [0.5, 0.6) is 0 Å². The van der Waals surface area contributed by atoms with Crippen LogP contribution in [0.15, 0.2) is 18.2 Å². The molecule has 1 aromatic rings. The fourth-order valence-electron chi connectivity index (χ4n) is 2.43. The second kappa shape index (κ2) is 6.93. The molecule has 2 rings (SSSR count). The number of nitrogens with one attached hydrogen (secondary N) is 1. The summed E-state index contributed by atoms with van der Waals surface area (Å²) in [6.07, 6.45) is 0. The quantitative estimate of drug-likeness (QED) is 0.655. The van der Waals surface area contributed by atoms with Crippen LogP contribution in [0.3, 0.4) is 0 Å². The van der Waals surface area contributed by atoms with Gasteiger partial charge in [-0.1, -0.05) is 11.6 Å². The van der Waals surface area contributed by atoms with E-state index in [1.54, 1.807) is 6.07 Å². The number of rotatable bonds is 5. The summed E-state index contributed by atoms with van der Waals surface area (Å²) in [4.78, 5) is 12.6. The average Bonchev–Trinajstić information content (AvgIpc) is 2.46. The summed E-state index contributed by atoms with van der Waals surface area (Å²) in [5.74, 6) is 1.42. The van der Waals surface area contributed by atoms with Gasteiger partial charge in [-0.05, 0) is 19.9 Å². The molecule has 0 bridgehead atoms. The van der Waals surface area contributed by atoms with Gasteiger partial charge in [0, 0.05) is 59.6 Å². The molecular formula is C14H20ClN3O3S. The lowest BCUT2D eigenvalue weighted by Crippen LogP contribution is -2.53. The highest BCUT2D eigenvalue weighted by molar-refractivity contribution is 7.85. The number of anilines is 1. The van der Waals surface area contributed by atoms with E-state index in [9.17, 15) is 14.3 Å². The van der Waals surface area contributed by atoms with Gasteiger partial charge in [0.15, 0.2) is 0 Å². The van der Waals surface area contributed by atoms with Crippen LogP contribution in [-0.2, 0) is 10.8 Å². The van der Waals surface area contributed by atoms with Gasteiger partial charge in [0.2, 0.25) is 0 Å². The first-order valence-corrected chi connectivity index (χ1v) is 8.94. The maximum absolute atomic E-state index is 11.4. The lowest BCUT2D eigenvalue weighted by atomic mass is 10.0. The molecule has 1 aliphatic heterocycles. The number of hydrogen-bond acceptors (Lipinski definition) is 5. The van der Waals surface area contributed by atoms with Crippen molar-refractivity contribution in [2.45, 2.75) is 19.4 Å². The second-order valence-electron chi connectivity index (χ2n) is 5.92. The van der Waals surface area contributed by atoms with E-state index in [1.165, 1.54) is 12.1 Å².